The van der Waals surface area contributed by atoms with Crippen molar-refractivity contribution in [3.05, 3.63) is 29.6 Å². The van der Waals surface area contributed by atoms with Crippen LogP contribution >= 0.6 is 0 Å². The molecule has 0 spiro atoms. The molecule has 1 aliphatic carbocycles. The zero-order chi connectivity index (χ0) is 13.2. The fourth-order valence-electron chi connectivity index (χ4n) is 2.67. The number of fused-ring (bicyclic) bond motifs is 1. The number of nitrogens with zero attached hydrogens (tertiary/aromatic N) is 1. The summed E-state index contributed by atoms with van der Waals surface area (Å²) in [5.74, 6) is -1.18. The minimum absolute atomic E-state index is 0.164. The second-order valence-corrected chi connectivity index (χ2v) is 4.66. The minimum Gasteiger partial charge on any atom is -0.480 e. The van der Waals surface area contributed by atoms with E-state index in [-0.39, 0.29) is 5.92 Å². The first-order chi connectivity index (χ1) is 8.60. The van der Waals surface area contributed by atoms with Crippen LogP contribution in [0.15, 0.2) is 18.5 Å². The van der Waals surface area contributed by atoms with Gasteiger partial charge in [0.05, 0.1) is 0 Å². The Morgan fingerprint density at radius 3 is 3.11 bits per heavy atom. The zero-order valence-corrected chi connectivity index (χ0v) is 9.97. The van der Waals surface area contributed by atoms with Crippen LogP contribution in [0.4, 0.5) is 0 Å². The van der Waals surface area contributed by atoms with Crippen LogP contribution in [0.2, 0.25) is 0 Å². The monoisotopic (exact) mass is 251 g/mol. The molecule has 98 valence electrons. The van der Waals surface area contributed by atoms with Gasteiger partial charge in [-0.15, -0.1) is 0 Å². The van der Waals surface area contributed by atoms with Gasteiger partial charge in [0.1, 0.15) is 5.54 Å². The van der Waals surface area contributed by atoms with E-state index >= 15 is 0 Å². The van der Waals surface area contributed by atoms with Gasteiger partial charge in [-0.05, 0) is 36.8 Å². The number of nitrogens with two attached hydrogens (primary N) is 1. The van der Waals surface area contributed by atoms with Crippen LogP contribution in [0.5, 0.6) is 0 Å². The van der Waals surface area contributed by atoms with E-state index < -0.39 is 11.5 Å². The summed E-state index contributed by atoms with van der Waals surface area (Å²) in [4.78, 5) is 15.5. The molecule has 5 N–H and O–H groups in total. The minimum atomic E-state index is -1.36. The van der Waals surface area contributed by atoms with Gasteiger partial charge in [0.2, 0.25) is 0 Å². The molecule has 2 unspecified atom stereocenters. The number of rotatable bonds is 5. The molecule has 0 bridgehead atoms. The number of pyridine rings is 1. The van der Waals surface area contributed by atoms with Crippen LogP contribution in [0.3, 0.4) is 0 Å². The highest BCUT2D eigenvalue weighted by atomic mass is 16.5. The average Bonchev–Trinajstić information content (AvgIpc) is 2.65. The van der Waals surface area contributed by atoms with Crippen LogP contribution in [0, 0.1) is 5.92 Å². The Balaban J connectivity index is 2.26. The highest BCUT2D eigenvalue weighted by Gasteiger charge is 2.49. The maximum atomic E-state index is 11.5. The fraction of sp³-hybridized carbons (Fsp3) is 0.500. The topological polar surface area (TPSA) is 108 Å². The van der Waals surface area contributed by atoms with Crippen molar-refractivity contribution >= 4 is 5.97 Å². The summed E-state index contributed by atoms with van der Waals surface area (Å²) in [6, 6.07) is 1.82. The van der Waals surface area contributed by atoms with E-state index in [1.54, 1.807) is 12.4 Å². The fourth-order valence-corrected chi connectivity index (χ4v) is 2.67. The summed E-state index contributed by atoms with van der Waals surface area (Å²) in [6.45, 7) is 0.431. The number of aliphatic carboxylic acids is 1. The van der Waals surface area contributed by atoms with Crippen LogP contribution in [-0.2, 0) is 16.8 Å². The number of hydrogen-bond donors (Lipinski definition) is 4. The lowest BCUT2D eigenvalue weighted by molar-refractivity contribution is -0.145. The number of nitrogens with one attached hydrogen (secondary N) is 1. The molecular formula is C12H17N3O3. The predicted octanol–water partition coefficient (Wildman–Crippen LogP) is 0.251. The second-order valence-electron chi connectivity index (χ2n) is 4.66. The molecule has 6 nitrogen and oxygen atoms in total. The van der Waals surface area contributed by atoms with Crippen molar-refractivity contribution in [2.24, 2.45) is 11.7 Å². The van der Waals surface area contributed by atoms with Crippen molar-refractivity contribution < 1.29 is 15.1 Å². The van der Waals surface area contributed by atoms with Gasteiger partial charge >= 0.3 is 5.97 Å². The first kappa shape index (κ1) is 12.9. The SMILES string of the molecule is NC1(C(=O)O)c2cnccc2CC1CCCNO. The van der Waals surface area contributed by atoms with Gasteiger partial charge in [-0.1, -0.05) is 0 Å². The van der Waals surface area contributed by atoms with Crippen molar-refractivity contribution in [2.45, 2.75) is 24.8 Å². The molecule has 1 aromatic heterocycles. The molecule has 0 saturated heterocycles. The Labute approximate surface area is 105 Å². The van der Waals surface area contributed by atoms with Gasteiger partial charge in [0.25, 0.3) is 0 Å². The first-order valence-electron chi connectivity index (χ1n) is 5.93. The Bertz CT molecular complexity index is 452. The van der Waals surface area contributed by atoms with E-state index in [0.29, 0.717) is 31.4 Å². The molecule has 18 heavy (non-hydrogen) atoms. The summed E-state index contributed by atoms with van der Waals surface area (Å²) < 4.78 is 0. The third-order valence-electron chi connectivity index (χ3n) is 3.66. The van der Waals surface area contributed by atoms with Gasteiger partial charge in [-0.25, -0.2) is 10.3 Å². The van der Waals surface area contributed by atoms with E-state index in [9.17, 15) is 9.90 Å². The molecule has 0 radical (unpaired) electrons. The Morgan fingerprint density at radius 1 is 1.67 bits per heavy atom. The van der Waals surface area contributed by atoms with Gasteiger partial charge in [0, 0.05) is 24.5 Å². The van der Waals surface area contributed by atoms with Crippen LogP contribution < -0.4 is 11.2 Å². The number of aromatic nitrogens is 1. The molecule has 1 heterocycles. The maximum absolute atomic E-state index is 11.5. The molecule has 0 saturated carbocycles. The summed E-state index contributed by atoms with van der Waals surface area (Å²) in [6.07, 6.45) is 5.17. The molecule has 1 aromatic rings. The zero-order valence-electron chi connectivity index (χ0n) is 9.97. The average molecular weight is 251 g/mol. The highest BCUT2D eigenvalue weighted by Crippen LogP contribution is 2.41. The number of carboxylic acid groups (broad SMARTS) is 1. The molecule has 2 atom stereocenters. The van der Waals surface area contributed by atoms with Gasteiger partial charge in [-0.3, -0.25) is 4.98 Å². The predicted molar refractivity (Wildman–Crippen MR) is 64.0 cm³/mol. The Kier molecular flexibility index (Phi) is 3.60. The number of carbonyl (C=O) groups is 1. The molecule has 6 heteroatoms. The Hall–Kier alpha value is -1.50. The number of hydrogen-bond acceptors (Lipinski definition) is 5. The van der Waals surface area contributed by atoms with E-state index in [1.165, 1.54) is 0 Å². The van der Waals surface area contributed by atoms with E-state index in [2.05, 4.69) is 10.5 Å². The molecule has 2 rings (SSSR count). The standard InChI is InChI=1S/C12H17N3O3/c13-12(11(16)17)9(2-1-4-15-18)6-8-3-5-14-7-10(8)12/h3,5,7,9,15,18H,1-2,4,6,13H2,(H,16,17). The van der Waals surface area contributed by atoms with Crippen molar-refractivity contribution in [1.82, 2.24) is 10.5 Å². The van der Waals surface area contributed by atoms with E-state index in [1.807, 2.05) is 6.07 Å². The molecular weight excluding hydrogens is 234 g/mol. The molecule has 0 aromatic carbocycles. The molecule has 0 fully saturated rings. The molecule has 0 aliphatic heterocycles. The number of carboxylic acids is 1. The molecule has 1 aliphatic rings. The summed E-state index contributed by atoms with van der Waals surface area (Å²) >= 11 is 0. The maximum Gasteiger partial charge on any atom is 0.328 e. The van der Waals surface area contributed by atoms with Gasteiger partial charge in [-0.2, -0.15) is 0 Å². The van der Waals surface area contributed by atoms with E-state index in [4.69, 9.17) is 10.9 Å². The highest BCUT2D eigenvalue weighted by molar-refractivity contribution is 5.82. The van der Waals surface area contributed by atoms with Crippen molar-refractivity contribution in [2.75, 3.05) is 6.54 Å². The van der Waals surface area contributed by atoms with Crippen LogP contribution in [0.1, 0.15) is 24.0 Å². The van der Waals surface area contributed by atoms with Gasteiger partial charge < -0.3 is 16.0 Å². The normalized spacial score (nSPS) is 26.0. The van der Waals surface area contributed by atoms with Crippen molar-refractivity contribution in [3.63, 3.8) is 0 Å². The number of hydroxylamine groups is 1. The summed E-state index contributed by atoms with van der Waals surface area (Å²) in [5.41, 5.74) is 8.39. The van der Waals surface area contributed by atoms with Crippen LogP contribution in [-0.4, -0.2) is 27.8 Å². The van der Waals surface area contributed by atoms with Crippen LogP contribution in [0.25, 0.3) is 0 Å². The van der Waals surface area contributed by atoms with Crippen molar-refractivity contribution in [3.8, 4) is 0 Å². The first-order valence-corrected chi connectivity index (χ1v) is 5.93. The lowest BCUT2D eigenvalue weighted by Gasteiger charge is -2.27. The lowest BCUT2D eigenvalue weighted by Crippen LogP contribution is -2.49. The smallest absolute Gasteiger partial charge is 0.328 e. The summed E-state index contributed by atoms with van der Waals surface area (Å²) in [5, 5.41) is 18.0. The quantitative estimate of drug-likeness (QED) is 0.441. The Morgan fingerprint density at radius 2 is 2.44 bits per heavy atom. The lowest BCUT2D eigenvalue weighted by atomic mass is 9.82. The third-order valence-corrected chi connectivity index (χ3v) is 3.66. The van der Waals surface area contributed by atoms with Gasteiger partial charge in [0.15, 0.2) is 0 Å². The van der Waals surface area contributed by atoms with E-state index in [0.717, 1.165) is 5.56 Å². The third kappa shape index (κ3) is 1.98. The molecule has 0 amide bonds. The summed E-state index contributed by atoms with van der Waals surface area (Å²) in [7, 11) is 0. The van der Waals surface area contributed by atoms with Crippen molar-refractivity contribution in [1.29, 1.82) is 0 Å². The second kappa shape index (κ2) is 5.01. The largest absolute Gasteiger partial charge is 0.480 e.